The second-order valence-corrected chi connectivity index (χ2v) is 16.1. The highest BCUT2D eigenvalue weighted by atomic mass is 16.2. The van der Waals surface area contributed by atoms with Crippen LogP contribution in [-0.4, -0.2) is 98.8 Å². The van der Waals surface area contributed by atoms with Crippen molar-refractivity contribution < 1.29 is 14.4 Å². The van der Waals surface area contributed by atoms with E-state index in [1.165, 1.54) is 31.0 Å². The lowest BCUT2D eigenvalue weighted by Crippen LogP contribution is -2.53. The van der Waals surface area contributed by atoms with Crippen molar-refractivity contribution in [2.45, 2.75) is 96.1 Å². The first-order valence-electron chi connectivity index (χ1n) is 20.5. The fourth-order valence-corrected chi connectivity index (χ4v) is 9.36. The molecule has 1 aliphatic carbocycles. The van der Waals surface area contributed by atoms with Crippen LogP contribution >= 0.6 is 0 Å². The number of carbonyl (C=O) groups is 3. The minimum atomic E-state index is -0.254. The van der Waals surface area contributed by atoms with Crippen LogP contribution in [0, 0.1) is 6.92 Å². The van der Waals surface area contributed by atoms with Gasteiger partial charge in [-0.25, -0.2) is 9.97 Å². The molecule has 4 fully saturated rings. The summed E-state index contributed by atoms with van der Waals surface area (Å²) in [6.45, 7) is 10.7. The minimum Gasteiger partial charge on any atom is -0.369 e. The van der Waals surface area contributed by atoms with Gasteiger partial charge in [-0.3, -0.25) is 34.0 Å². The molecule has 6 heterocycles. The van der Waals surface area contributed by atoms with Crippen molar-refractivity contribution in [2.24, 2.45) is 0 Å². The number of rotatable bonds is 11. The topological polar surface area (TPSA) is 146 Å². The SMILES string of the molecule is CC(=O)c1c(C)c2cnc(Nc3ccc(CCCN4CCC(N5CCN(c6ccc(C7CCC(=O)NC7=O)cc6)CC5)CC4)cn3)nc2n(C2CCCC2)c1=O. The van der Waals surface area contributed by atoms with Crippen molar-refractivity contribution in [1.29, 1.82) is 0 Å². The quantitative estimate of drug-likeness (QED) is 0.152. The minimum absolute atomic E-state index is 0.0320. The Morgan fingerprint density at radius 2 is 1.61 bits per heavy atom. The van der Waals surface area contributed by atoms with E-state index < -0.39 is 0 Å². The maximum atomic E-state index is 13.5. The summed E-state index contributed by atoms with van der Waals surface area (Å²) in [6.07, 6.45) is 13.0. The number of nitrogens with zero attached hydrogens (tertiary/aromatic N) is 7. The van der Waals surface area contributed by atoms with Crippen molar-refractivity contribution in [3.05, 3.63) is 81.4 Å². The van der Waals surface area contributed by atoms with Crippen molar-refractivity contribution in [2.75, 3.05) is 56.0 Å². The van der Waals surface area contributed by atoms with Gasteiger partial charge in [0.15, 0.2) is 5.78 Å². The molecule has 3 aliphatic heterocycles. The summed E-state index contributed by atoms with van der Waals surface area (Å²) in [5, 5.41) is 6.43. The van der Waals surface area contributed by atoms with Gasteiger partial charge < -0.3 is 15.1 Å². The first-order chi connectivity index (χ1) is 27.2. The molecule has 0 spiro atoms. The summed E-state index contributed by atoms with van der Waals surface area (Å²) < 4.78 is 1.73. The number of benzene rings is 1. The Morgan fingerprint density at radius 1 is 0.857 bits per heavy atom. The van der Waals surface area contributed by atoms with Crippen LogP contribution in [-0.2, 0) is 16.0 Å². The van der Waals surface area contributed by atoms with Crippen molar-refractivity contribution in [3.8, 4) is 0 Å². The van der Waals surface area contributed by atoms with Gasteiger partial charge in [-0.2, -0.15) is 4.98 Å². The average molecular weight is 760 g/mol. The molecule has 4 aromatic rings. The molecular weight excluding hydrogens is 707 g/mol. The molecule has 56 heavy (non-hydrogen) atoms. The molecule has 2 N–H and O–H groups in total. The molecule has 2 amide bonds. The molecule has 1 atom stereocenters. The van der Waals surface area contributed by atoms with Gasteiger partial charge in [0, 0.05) is 68.2 Å². The molecule has 13 heteroatoms. The maximum absolute atomic E-state index is 13.5. The number of piperazine rings is 1. The van der Waals surface area contributed by atoms with Gasteiger partial charge in [0.25, 0.3) is 5.56 Å². The number of nitrogens with one attached hydrogen (secondary N) is 2. The Labute approximate surface area is 327 Å². The van der Waals surface area contributed by atoms with E-state index in [-0.39, 0.29) is 40.7 Å². The maximum Gasteiger partial charge on any atom is 0.263 e. The molecular formula is C43H53N9O4. The number of ketones is 1. The van der Waals surface area contributed by atoms with Gasteiger partial charge in [-0.15, -0.1) is 0 Å². The summed E-state index contributed by atoms with van der Waals surface area (Å²) in [5.41, 5.74) is 4.55. The third-order valence-corrected chi connectivity index (χ3v) is 12.5. The highest BCUT2D eigenvalue weighted by Crippen LogP contribution is 2.32. The molecule has 3 aromatic heterocycles. The van der Waals surface area contributed by atoms with Crippen LogP contribution in [0.2, 0.25) is 0 Å². The second kappa shape index (κ2) is 16.6. The molecule has 13 nitrogen and oxygen atoms in total. The molecule has 294 valence electrons. The Balaban J connectivity index is 0.782. The largest absolute Gasteiger partial charge is 0.369 e. The monoisotopic (exact) mass is 759 g/mol. The Morgan fingerprint density at radius 3 is 2.29 bits per heavy atom. The van der Waals surface area contributed by atoms with E-state index in [0.29, 0.717) is 41.9 Å². The number of anilines is 3. The van der Waals surface area contributed by atoms with Gasteiger partial charge in [0.2, 0.25) is 17.8 Å². The van der Waals surface area contributed by atoms with Crippen LogP contribution in [0.25, 0.3) is 11.0 Å². The molecule has 3 saturated heterocycles. The predicted octanol–water partition coefficient (Wildman–Crippen LogP) is 5.30. The summed E-state index contributed by atoms with van der Waals surface area (Å²) in [7, 11) is 0. The van der Waals surface area contributed by atoms with E-state index in [1.54, 1.807) is 17.7 Å². The number of aromatic nitrogens is 4. The van der Waals surface area contributed by atoms with Crippen LogP contribution < -0.4 is 21.1 Å². The first kappa shape index (κ1) is 37.9. The van der Waals surface area contributed by atoms with Crippen LogP contribution in [0.1, 0.15) is 104 Å². The number of fused-ring (bicyclic) bond motifs is 1. The molecule has 1 saturated carbocycles. The number of amides is 2. The van der Waals surface area contributed by atoms with E-state index in [0.717, 1.165) is 95.3 Å². The number of carbonyl (C=O) groups excluding carboxylic acids is 3. The zero-order valence-electron chi connectivity index (χ0n) is 32.6. The number of hydrogen-bond acceptors (Lipinski definition) is 11. The number of pyridine rings is 2. The summed E-state index contributed by atoms with van der Waals surface area (Å²) in [4.78, 5) is 71.5. The smallest absolute Gasteiger partial charge is 0.263 e. The van der Waals surface area contributed by atoms with Crippen molar-refractivity contribution in [3.63, 3.8) is 0 Å². The molecule has 4 aliphatic rings. The lowest BCUT2D eigenvalue weighted by Gasteiger charge is -2.43. The summed E-state index contributed by atoms with van der Waals surface area (Å²) in [6, 6.07) is 13.1. The van der Waals surface area contributed by atoms with Crippen molar-refractivity contribution >= 4 is 46.1 Å². The van der Waals surface area contributed by atoms with E-state index in [1.807, 2.05) is 12.3 Å². The first-order valence-corrected chi connectivity index (χ1v) is 20.5. The van der Waals surface area contributed by atoms with Crippen LogP contribution in [0.5, 0.6) is 0 Å². The number of hydrogen-bond donors (Lipinski definition) is 2. The second-order valence-electron chi connectivity index (χ2n) is 16.1. The van der Waals surface area contributed by atoms with Gasteiger partial charge in [-0.1, -0.05) is 31.0 Å². The summed E-state index contributed by atoms with van der Waals surface area (Å²) in [5.74, 6) is 0.195. The van der Waals surface area contributed by atoms with E-state index in [9.17, 15) is 19.2 Å². The Hall–Kier alpha value is -5.01. The number of piperidine rings is 2. The highest BCUT2D eigenvalue weighted by Gasteiger charge is 2.30. The number of aryl methyl sites for hydroxylation is 2. The van der Waals surface area contributed by atoms with Gasteiger partial charge in [-0.05, 0) is 113 Å². The third kappa shape index (κ3) is 8.10. The fraction of sp³-hybridized carbons (Fsp3) is 0.512. The molecule has 0 radical (unpaired) electrons. The third-order valence-electron chi connectivity index (χ3n) is 12.5. The molecule has 0 bridgehead atoms. The lowest BCUT2D eigenvalue weighted by molar-refractivity contribution is -0.134. The predicted molar refractivity (Wildman–Crippen MR) is 217 cm³/mol. The number of imide groups is 1. The number of likely N-dealkylation sites (tertiary alicyclic amines) is 1. The summed E-state index contributed by atoms with van der Waals surface area (Å²) >= 11 is 0. The van der Waals surface area contributed by atoms with E-state index in [4.69, 9.17) is 4.98 Å². The zero-order valence-corrected chi connectivity index (χ0v) is 32.6. The Bertz CT molecular complexity index is 2130. The van der Waals surface area contributed by atoms with Gasteiger partial charge in [0.05, 0.1) is 11.5 Å². The molecule has 8 rings (SSSR count). The van der Waals surface area contributed by atoms with E-state index in [2.05, 4.69) is 65.6 Å². The number of Topliss-reactive ketones (excluding diaryl/α,β-unsaturated/α-hetero) is 1. The van der Waals surface area contributed by atoms with Crippen molar-refractivity contribution in [1.82, 2.24) is 34.6 Å². The average Bonchev–Trinajstić information content (AvgIpc) is 3.74. The van der Waals surface area contributed by atoms with Gasteiger partial charge >= 0.3 is 0 Å². The molecule has 1 unspecified atom stereocenters. The normalized spacial score (nSPS) is 20.5. The fourth-order valence-electron chi connectivity index (χ4n) is 9.36. The highest BCUT2D eigenvalue weighted by molar-refractivity contribution is 6.01. The zero-order chi connectivity index (χ0) is 38.8. The van der Waals surface area contributed by atoms with Gasteiger partial charge in [0.1, 0.15) is 11.5 Å². The van der Waals surface area contributed by atoms with Crippen LogP contribution in [0.15, 0.2) is 53.6 Å². The Kier molecular flexibility index (Phi) is 11.2. The standard InChI is InChI=1S/C43H53N9O4/c1-28-36-27-45-43(48-40(36)52(34-7-3-4-8-34)42(56)39(28)29(2)53)46-37-15-9-30(26-44-37)6-5-19-49-20-17-33(18-21-49)51-24-22-50(23-25-51)32-12-10-31(11-13-32)35-14-16-38(54)47-41(35)55/h9-13,15,26-27,33-35H,3-8,14,16-25H2,1-2H3,(H,47,54,55)(H,44,45,46,48). The van der Waals surface area contributed by atoms with Crippen LogP contribution in [0.4, 0.5) is 17.5 Å². The van der Waals surface area contributed by atoms with Crippen LogP contribution in [0.3, 0.4) is 0 Å². The molecule has 1 aromatic carbocycles. The lowest BCUT2D eigenvalue weighted by atomic mass is 9.90. The van der Waals surface area contributed by atoms with E-state index >= 15 is 0 Å².